The Morgan fingerprint density at radius 1 is 1.17 bits per heavy atom. The van der Waals surface area contributed by atoms with E-state index in [0.717, 1.165) is 0 Å². The SMILES string of the molecule is CC.O=C(CC1CC(F)(F)C1)NCc1cc(OC(C(F)(F)F)C(F)(F)F)ncn1. The number of nitrogens with one attached hydrogen (secondary N) is 1. The number of aromatic nitrogens is 2. The Hall–Kier alpha value is -2.21. The molecule has 0 unspecified atom stereocenters. The van der Waals surface area contributed by atoms with Gasteiger partial charge in [0.25, 0.3) is 6.10 Å². The predicted molar refractivity (Wildman–Crippen MR) is 84.0 cm³/mol. The Morgan fingerprint density at radius 2 is 1.72 bits per heavy atom. The van der Waals surface area contributed by atoms with Crippen molar-refractivity contribution in [1.82, 2.24) is 15.3 Å². The molecule has 13 heteroatoms. The molecule has 1 N–H and O–H groups in total. The quantitative estimate of drug-likeness (QED) is 0.669. The van der Waals surface area contributed by atoms with Crippen LogP contribution in [0.1, 0.15) is 38.8 Å². The Bertz CT molecular complexity index is 657. The molecule has 0 spiro atoms. The van der Waals surface area contributed by atoms with Gasteiger partial charge in [0.05, 0.1) is 12.2 Å². The van der Waals surface area contributed by atoms with Crippen molar-refractivity contribution in [1.29, 1.82) is 0 Å². The largest absolute Gasteiger partial charge is 0.455 e. The number of hydrogen-bond acceptors (Lipinski definition) is 4. The molecule has 1 fully saturated rings. The van der Waals surface area contributed by atoms with Crippen molar-refractivity contribution in [3.63, 3.8) is 0 Å². The minimum Gasteiger partial charge on any atom is -0.455 e. The molecule has 2 rings (SSSR count). The van der Waals surface area contributed by atoms with Gasteiger partial charge in [0.2, 0.25) is 17.7 Å². The molecule has 0 aliphatic heterocycles. The Balaban J connectivity index is 0.00000204. The number of rotatable bonds is 6. The molecule has 1 amide bonds. The predicted octanol–water partition coefficient (Wildman–Crippen LogP) is 4.43. The number of carbonyl (C=O) groups excluding carboxylic acids is 1. The fraction of sp³-hybridized carbons (Fsp3) is 0.688. The lowest BCUT2D eigenvalue weighted by Crippen LogP contribution is -2.46. The van der Waals surface area contributed by atoms with Crippen molar-refractivity contribution in [2.24, 2.45) is 5.92 Å². The van der Waals surface area contributed by atoms with Crippen molar-refractivity contribution in [3.8, 4) is 5.88 Å². The minimum atomic E-state index is -5.71. The molecule has 1 saturated carbocycles. The van der Waals surface area contributed by atoms with Gasteiger partial charge in [-0.25, -0.2) is 18.7 Å². The summed E-state index contributed by atoms with van der Waals surface area (Å²) in [7, 11) is 0. The normalized spacial score (nSPS) is 16.5. The second kappa shape index (κ2) is 9.53. The highest BCUT2D eigenvalue weighted by atomic mass is 19.4. The molecule has 1 aromatic heterocycles. The summed E-state index contributed by atoms with van der Waals surface area (Å²) < 4.78 is 104. The highest BCUT2D eigenvalue weighted by molar-refractivity contribution is 5.76. The number of nitrogens with zero attached hydrogens (tertiary/aromatic N) is 2. The summed E-state index contributed by atoms with van der Waals surface area (Å²) in [6, 6.07) is 0.711. The monoisotopic (exact) mass is 437 g/mol. The number of hydrogen-bond donors (Lipinski definition) is 1. The van der Waals surface area contributed by atoms with E-state index in [9.17, 15) is 39.9 Å². The maximum Gasteiger partial charge on any atom is 0.434 e. The summed E-state index contributed by atoms with van der Waals surface area (Å²) in [6.07, 6.45) is -15.8. The van der Waals surface area contributed by atoms with E-state index in [1.165, 1.54) is 0 Å². The fourth-order valence-corrected chi connectivity index (χ4v) is 2.43. The number of alkyl halides is 8. The van der Waals surface area contributed by atoms with E-state index in [1.54, 1.807) is 0 Å². The minimum absolute atomic E-state index is 0.115. The highest BCUT2D eigenvalue weighted by Gasteiger charge is 2.59. The third-order valence-electron chi connectivity index (χ3n) is 3.65. The molecule has 0 atom stereocenters. The third kappa shape index (κ3) is 7.97. The van der Waals surface area contributed by atoms with Gasteiger partial charge in [-0.3, -0.25) is 4.79 Å². The van der Waals surface area contributed by atoms with Crippen LogP contribution in [-0.2, 0) is 11.3 Å². The Kier molecular flexibility index (Phi) is 8.16. The average molecular weight is 437 g/mol. The summed E-state index contributed by atoms with van der Waals surface area (Å²) in [5, 5.41) is 2.29. The Morgan fingerprint density at radius 3 is 2.21 bits per heavy atom. The first-order valence-electron chi connectivity index (χ1n) is 8.52. The molecule has 5 nitrogen and oxygen atoms in total. The van der Waals surface area contributed by atoms with Crippen molar-refractivity contribution < 1.29 is 44.7 Å². The number of halogens is 8. The summed E-state index contributed by atoms with van der Waals surface area (Å²) >= 11 is 0. The van der Waals surface area contributed by atoms with E-state index in [1.807, 2.05) is 13.8 Å². The van der Waals surface area contributed by atoms with Crippen LogP contribution in [0, 0.1) is 5.92 Å². The molecule has 0 bridgehead atoms. The van der Waals surface area contributed by atoms with Crippen LogP contribution in [0.2, 0.25) is 0 Å². The van der Waals surface area contributed by atoms with Gasteiger partial charge in [-0.05, 0) is 5.92 Å². The molecular formula is C16H19F8N3O2. The average Bonchev–Trinajstić information content (AvgIpc) is 2.56. The summed E-state index contributed by atoms with van der Waals surface area (Å²) in [6.45, 7) is 3.66. The molecule has 0 radical (unpaired) electrons. The lowest BCUT2D eigenvalue weighted by Gasteiger charge is -2.34. The molecule has 1 aromatic rings. The van der Waals surface area contributed by atoms with Crippen molar-refractivity contribution in [2.45, 2.75) is 64.0 Å². The highest BCUT2D eigenvalue weighted by Crippen LogP contribution is 2.44. The van der Waals surface area contributed by atoms with Crippen LogP contribution in [0.5, 0.6) is 5.88 Å². The van der Waals surface area contributed by atoms with Crippen LogP contribution < -0.4 is 10.1 Å². The first kappa shape index (κ1) is 24.8. The molecule has 0 aromatic carbocycles. The Labute approximate surface area is 160 Å². The van der Waals surface area contributed by atoms with E-state index in [4.69, 9.17) is 0 Å². The lowest BCUT2D eigenvalue weighted by atomic mass is 9.79. The lowest BCUT2D eigenvalue weighted by molar-refractivity contribution is -0.300. The third-order valence-corrected chi connectivity index (χ3v) is 3.65. The van der Waals surface area contributed by atoms with Crippen LogP contribution >= 0.6 is 0 Å². The summed E-state index contributed by atoms with van der Waals surface area (Å²) in [4.78, 5) is 18.4. The second-order valence-electron chi connectivity index (χ2n) is 6.04. The van der Waals surface area contributed by atoms with Crippen LogP contribution in [0.15, 0.2) is 12.4 Å². The molecule has 1 heterocycles. The fourth-order valence-electron chi connectivity index (χ4n) is 2.43. The summed E-state index contributed by atoms with van der Waals surface area (Å²) in [5.41, 5.74) is -0.115. The maximum absolute atomic E-state index is 12.7. The first-order valence-corrected chi connectivity index (χ1v) is 8.52. The molecule has 0 saturated heterocycles. The zero-order valence-electron chi connectivity index (χ0n) is 15.4. The van der Waals surface area contributed by atoms with Gasteiger partial charge in [-0.2, -0.15) is 26.3 Å². The van der Waals surface area contributed by atoms with Gasteiger partial charge in [-0.1, -0.05) is 13.8 Å². The van der Waals surface area contributed by atoms with E-state index in [0.29, 0.717) is 12.4 Å². The van der Waals surface area contributed by atoms with Crippen molar-refractivity contribution in [3.05, 3.63) is 18.1 Å². The molecular weight excluding hydrogens is 418 g/mol. The molecule has 29 heavy (non-hydrogen) atoms. The van der Waals surface area contributed by atoms with E-state index >= 15 is 0 Å². The standard InChI is InChI=1S/C14H13F8N3O2.C2H6/c15-12(16)3-7(4-12)1-9(26)23-5-8-2-10(25-6-24-8)27-11(13(17,18)19)14(20,21)22;1-2/h2,6-7,11H,1,3-5H2,(H,23,26);1-2H3. The topological polar surface area (TPSA) is 64.1 Å². The van der Waals surface area contributed by atoms with Crippen molar-refractivity contribution >= 4 is 5.91 Å². The number of ether oxygens (including phenoxy) is 1. The van der Waals surface area contributed by atoms with Crippen LogP contribution in [-0.4, -0.2) is 40.3 Å². The van der Waals surface area contributed by atoms with Gasteiger partial charge in [0, 0.05) is 25.3 Å². The van der Waals surface area contributed by atoms with Gasteiger partial charge in [0.1, 0.15) is 6.33 Å². The van der Waals surface area contributed by atoms with E-state index in [2.05, 4.69) is 20.0 Å². The van der Waals surface area contributed by atoms with Gasteiger partial charge in [-0.15, -0.1) is 0 Å². The zero-order valence-corrected chi connectivity index (χ0v) is 15.4. The molecule has 166 valence electrons. The number of carbonyl (C=O) groups is 1. The van der Waals surface area contributed by atoms with E-state index in [-0.39, 0.29) is 18.7 Å². The number of amides is 1. The molecule has 1 aliphatic carbocycles. The van der Waals surface area contributed by atoms with Crippen LogP contribution in [0.4, 0.5) is 35.1 Å². The molecule has 1 aliphatic rings. The van der Waals surface area contributed by atoms with Crippen LogP contribution in [0.3, 0.4) is 0 Å². The van der Waals surface area contributed by atoms with E-state index < -0.39 is 54.9 Å². The zero-order chi connectivity index (χ0) is 22.5. The van der Waals surface area contributed by atoms with Gasteiger partial charge in [0.15, 0.2) is 0 Å². The second-order valence-corrected chi connectivity index (χ2v) is 6.04. The summed E-state index contributed by atoms with van der Waals surface area (Å²) in [5.74, 6) is -4.84. The van der Waals surface area contributed by atoms with Crippen LogP contribution in [0.25, 0.3) is 0 Å². The van der Waals surface area contributed by atoms with Gasteiger partial charge < -0.3 is 10.1 Å². The first-order chi connectivity index (χ1) is 13.3. The van der Waals surface area contributed by atoms with Crippen molar-refractivity contribution in [2.75, 3.05) is 0 Å². The maximum atomic E-state index is 12.7. The smallest absolute Gasteiger partial charge is 0.434 e. The van der Waals surface area contributed by atoms with Gasteiger partial charge >= 0.3 is 12.4 Å².